The predicted octanol–water partition coefficient (Wildman–Crippen LogP) is 2.29. The average molecular weight is 296 g/mol. The van der Waals surface area contributed by atoms with Gasteiger partial charge >= 0.3 is 7.12 Å². The highest BCUT2D eigenvalue weighted by molar-refractivity contribution is 6.61. The lowest BCUT2D eigenvalue weighted by molar-refractivity contribution is -0.0885. The Bertz CT molecular complexity index is 524. The molecule has 0 amide bonds. The Balaban J connectivity index is 1.71. The third-order valence-electron chi connectivity index (χ3n) is 4.67. The topological polar surface area (TPSA) is 44.2 Å². The van der Waals surface area contributed by atoms with Crippen LogP contribution in [0, 0.1) is 0 Å². The van der Waals surface area contributed by atoms with Gasteiger partial charge in [-0.05, 0) is 27.7 Å². The van der Waals surface area contributed by atoms with E-state index in [4.69, 9.17) is 9.31 Å². The van der Waals surface area contributed by atoms with E-state index in [1.165, 1.54) is 0 Å². The minimum Gasteiger partial charge on any atom is -0.399 e. The molecule has 0 N–H and O–H groups in total. The monoisotopic (exact) mass is 296 g/mol. The van der Waals surface area contributed by atoms with Crippen LogP contribution in [-0.4, -0.2) is 34.2 Å². The van der Waals surface area contributed by atoms with Gasteiger partial charge in [0.25, 0.3) is 0 Å². The number of hydrogen-bond acceptors (Lipinski definition) is 4. The highest BCUT2D eigenvalue weighted by atomic mass is 19.3. The van der Waals surface area contributed by atoms with Crippen molar-refractivity contribution in [2.45, 2.75) is 63.6 Å². The molecule has 1 saturated carbocycles. The van der Waals surface area contributed by atoms with Gasteiger partial charge < -0.3 is 9.31 Å². The summed E-state index contributed by atoms with van der Waals surface area (Å²) in [4.78, 5) is 8.40. The Morgan fingerprint density at radius 3 is 1.95 bits per heavy atom. The van der Waals surface area contributed by atoms with Crippen LogP contribution < -0.4 is 5.46 Å². The normalized spacial score (nSPS) is 26.7. The van der Waals surface area contributed by atoms with Crippen LogP contribution in [0.15, 0.2) is 12.4 Å². The molecule has 0 spiro atoms. The van der Waals surface area contributed by atoms with Crippen molar-refractivity contribution in [1.82, 2.24) is 9.97 Å². The lowest BCUT2D eigenvalue weighted by atomic mass is 9.79. The van der Waals surface area contributed by atoms with Crippen molar-refractivity contribution in [2.24, 2.45) is 0 Å². The number of aromatic nitrogens is 2. The molecule has 1 saturated heterocycles. The molecule has 0 bridgehead atoms. The van der Waals surface area contributed by atoms with Crippen molar-refractivity contribution >= 4 is 12.6 Å². The van der Waals surface area contributed by atoms with E-state index in [0.717, 1.165) is 0 Å². The maximum absolute atomic E-state index is 12.9. The maximum Gasteiger partial charge on any atom is 0.498 e. The lowest BCUT2D eigenvalue weighted by Gasteiger charge is -2.33. The minimum absolute atomic E-state index is 0.164. The molecule has 4 nitrogen and oxygen atoms in total. The summed E-state index contributed by atoms with van der Waals surface area (Å²) in [6.45, 7) is 7.88. The molecule has 114 valence electrons. The summed E-state index contributed by atoms with van der Waals surface area (Å²) in [7, 11) is -0.521. The summed E-state index contributed by atoms with van der Waals surface area (Å²) < 4.78 is 37.6. The molecular formula is C14H19BF2N2O2. The fourth-order valence-electron chi connectivity index (χ4n) is 2.50. The molecule has 1 aliphatic carbocycles. The number of alkyl halides is 2. The standard InChI is InChI=1S/C14H19BF2N2O2/c1-12(2)13(3,4)21-15(20-12)10-7-18-11(19-8-10)9-5-14(16,17)6-9/h7-9H,5-6H2,1-4H3. The summed E-state index contributed by atoms with van der Waals surface area (Å²) in [6, 6.07) is 0. The van der Waals surface area contributed by atoms with Gasteiger partial charge in [0.05, 0.1) is 11.2 Å². The number of rotatable bonds is 2. The van der Waals surface area contributed by atoms with E-state index in [1.807, 2.05) is 27.7 Å². The first kappa shape index (κ1) is 14.8. The molecule has 1 aromatic heterocycles. The zero-order valence-electron chi connectivity index (χ0n) is 12.7. The fourth-order valence-corrected chi connectivity index (χ4v) is 2.50. The first-order valence-corrected chi connectivity index (χ1v) is 7.15. The van der Waals surface area contributed by atoms with E-state index in [-0.39, 0.29) is 18.8 Å². The summed E-state index contributed by atoms with van der Waals surface area (Å²) in [6.07, 6.45) is 2.90. The van der Waals surface area contributed by atoms with Crippen LogP contribution in [0.5, 0.6) is 0 Å². The molecular weight excluding hydrogens is 277 g/mol. The van der Waals surface area contributed by atoms with Crippen LogP contribution in [0.1, 0.15) is 52.3 Å². The first-order valence-electron chi connectivity index (χ1n) is 7.15. The van der Waals surface area contributed by atoms with Crippen LogP contribution in [0.2, 0.25) is 0 Å². The Kier molecular flexibility index (Phi) is 3.15. The Labute approximate surface area is 123 Å². The van der Waals surface area contributed by atoms with Gasteiger partial charge in [0.1, 0.15) is 5.82 Å². The largest absolute Gasteiger partial charge is 0.498 e. The van der Waals surface area contributed by atoms with Crippen molar-refractivity contribution in [3.63, 3.8) is 0 Å². The van der Waals surface area contributed by atoms with Crippen LogP contribution >= 0.6 is 0 Å². The van der Waals surface area contributed by atoms with Crippen molar-refractivity contribution in [3.8, 4) is 0 Å². The first-order chi connectivity index (χ1) is 9.60. The summed E-state index contributed by atoms with van der Waals surface area (Å²) in [5.74, 6) is -2.33. The summed E-state index contributed by atoms with van der Waals surface area (Å²) in [5.41, 5.74) is -0.137. The lowest BCUT2D eigenvalue weighted by Crippen LogP contribution is -2.41. The van der Waals surface area contributed by atoms with E-state index in [2.05, 4.69) is 9.97 Å². The van der Waals surface area contributed by atoms with Crippen LogP contribution in [0.3, 0.4) is 0 Å². The molecule has 2 fully saturated rings. The van der Waals surface area contributed by atoms with E-state index < -0.39 is 24.2 Å². The highest BCUT2D eigenvalue weighted by Crippen LogP contribution is 2.47. The second-order valence-electron chi connectivity index (χ2n) is 6.92. The molecule has 7 heteroatoms. The zero-order chi connectivity index (χ0) is 15.5. The molecule has 1 aliphatic heterocycles. The van der Waals surface area contributed by atoms with Gasteiger partial charge in [0, 0.05) is 36.6 Å². The van der Waals surface area contributed by atoms with Crippen molar-refractivity contribution < 1.29 is 18.1 Å². The van der Waals surface area contributed by atoms with Gasteiger partial charge in [0.15, 0.2) is 0 Å². The smallest absolute Gasteiger partial charge is 0.399 e. The Morgan fingerprint density at radius 2 is 1.52 bits per heavy atom. The Hall–Kier alpha value is -1.08. The average Bonchev–Trinajstić information content (AvgIpc) is 2.56. The van der Waals surface area contributed by atoms with Gasteiger partial charge in [-0.3, -0.25) is 0 Å². The Morgan fingerprint density at radius 1 is 1.05 bits per heavy atom. The van der Waals surface area contributed by atoms with Gasteiger partial charge in [-0.1, -0.05) is 0 Å². The van der Waals surface area contributed by atoms with E-state index in [1.54, 1.807) is 12.4 Å². The second-order valence-corrected chi connectivity index (χ2v) is 6.92. The van der Waals surface area contributed by atoms with Crippen molar-refractivity contribution in [2.75, 3.05) is 0 Å². The van der Waals surface area contributed by atoms with Gasteiger partial charge in [-0.25, -0.2) is 18.7 Å². The van der Waals surface area contributed by atoms with Crippen LogP contribution in [0.25, 0.3) is 0 Å². The molecule has 0 radical (unpaired) electrons. The minimum atomic E-state index is -2.56. The molecule has 0 unspecified atom stereocenters. The quantitative estimate of drug-likeness (QED) is 0.785. The number of hydrogen-bond donors (Lipinski definition) is 0. The molecule has 1 aromatic rings. The van der Waals surface area contributed by atoms with Gasteiger partial charge in [-0.2, -0.15) is 0 Å². The third-order valence-corrected chi connectivity index (χ3v) is 4.67. The predicted molar refractivity (Wildman–Crippen MR) is 74.7 cm³/mol. The van der Waals surface area contributed by atoms with Gasteiger partial charge in [-0.15, -0.1) is 0 Å². The summed E-state index contributed by atoms with van der Waals surface area (Å²) >= 11 is 0. The molecule has 0 atom stereocenters. The molecule has 3 rings (SSSR count). The zero-order valence-corrected chi connectivity index (χ0v) is 12.7. The van der Waals surface area contributed by atoms with Crippen LogP contribution in [0.4, 0.5) is 8.78 Å². The fraction of sp³-hybridized carbons (Fsp3) is 0.714. The SMILES string of the molecule is CC1(C)OB(c2cnc(C3CC(F)(F)C3)nc2)OC1(C)C. The number of nitrogens with zero attached hydrogens (tertiary/aromatic N) is 2. The van der Waals surface area contributed by atoms with E-state index >= 15 is 0 Å². The number of halogens is 2. The summed E-state index contributed by atoms with van der Waals surface area (Å²) in [5, 5.41) is 0. The molecule has 2 heterocycles. The molecule has 2 aliphatic rings. The van der Waals surface area contributed by atoms with Crippen LogP contribution in [-0.2, 0) is 9.31 Å². The highest BCUT2D eigenvalue weighted by Gasteiger charge is 2.52. The van der Waals surface area contributed by atoms with Crippen molar-refractivity contribution in [3.05, 3.63) is 18.2 Å². The van der Waals surface area contributed by atoms with E-state index in [0.29, 0.717) is 11.3 Å². The molecule has 0 aromatic carbocycles. The molecule has 21 heavy (non-hydrogen) atoms. The maximum atomic E-state index is 12.9. The van der Waals surface area contributed by atoms with Gasteiger partial charge in [0.2, 0.25) is 5.92 Å². The second kappa shape index (κ2) is 4.46. The van der Waals surface area contributed by atoms with E-state index in [9.17, 15) is 8.78 Å². The van der Waals surface area contributed by atoms with Crippen molar-refractivity contribution in [1.29, 1.82) is 0 Å². The third kappa shape index (κ3) is 2.57.